The zero-order valence-corrected chi connectivity index (χ0v) is 10.9. The summed E-state index contributed by atoms with van der Waals surface area (Å²) < 4.78 is 4.86. The van der Waals surface area contributed by atoms with Crippen LogP contribution in [0.1, 0.15) is 20.8 Å². The van der Waals surface area contributed by atoms with Crippen LogP contribution in [-0.2, 0) is 9.53 Å². The monoisotopic (exact) mass is 232 g/mol. The molecule has 0 fully saturated rings. The molecule has 0 heterocycles. The van der Waals surface area contributed by atoms with Gasteiger partial charge in [0, 0.05) is 13.1 Å². The van der Waals surface area contributed by atoms with Gasteiger partial charge >= 0.3 is 5.97 Å². The van der Waals surface area contributed by atoms with Crippen molar-refractivity contribution >= 4 is 5.97 Å². The summed E-state index contributed by atoms with van der Waals surface area (Å²) in [5, 5.41) is 13.0. The second-order valence-corrected chi connectivity index (χ2v) is 4.59. The standard InChI is InChI=1S/C11H24N2O3/c1-6-16-10(14)9(2)12-7-11(3,15)8-13(4)5/h9,12,15H,6-8H2,1-5H3. The number of aliphatic hydroxyl groups is 1. The highest BCUT2D eigenvalue weighted by atomic mass is 16.5. The van der Waals surface area contributed by atoms with Gasteiger partial charge in [-0.15, -0.1) is 0 Å². The maximum atomic E-state index is 11.3. The van der Waals surface area contributed by atoms with E-state index in [4.69, 9.17) is 4.74 Å². The highest BCUT2D eigenvalue weighted by Gasteiger charge is 2.23. The molecule has 5 nitrogen and oxygen atoms in total. The van der Waals surface area contributed by atoms with E-state index in [0.29, 0.717) is 19.7 Å². The molecule has 2 unspecified atom stereocenters. The summed E-state index contributed by atoms with van der Waals surface area (Å²) in [6.07, 6.45) is 0. The van der Waals surface area contributed by atoms with Gasteiger partial charge in [-0.3, -0.25) is 4.79 Å². The minimum atomic E-state index is -0.857. The Labute approximate surface area is 97.8 Å². The number of likely N-dealkylation sites (N-methyl/N-ethyl adjacent to an activating group) is 1. The molecule has 0 aromatic rings. The Balaban J connectivity index is 3.98. The number of nitrogens with zero attached hydrogens (tertiary/aromatic N) is 1. The molecule has 0 aliphatic carbocycles. The summed E-state index contributed by atoms with van der Waals surface area (Å²) >= 11 is 0. The molecule has 5 heteroatoms. The Bertz CT molecular complexity index is 217. The highest BCUT2D eigenvalue weighted by molar-refractivity contribution is 5.75. The molecule has 2 N–H and O–H groups in total. The highest BCUT2D eigenvalue weighted by Crippen LogP contribution is 2.03. The maximum absolute atomic E-state index is 11.3. The van der Waals surface area contributed by atoms with Gasteiger partial charge in [-0.05, 0) is 34.9 Å². The molecule has 0 aromatic heterocycles. The van der Waals surface area contributed by atoms with Crippen LogP contribution >= 0.6 is 0 Å². The van der Waals surface area contributed by atoms with Crippen molar-refractivity contribution in [3.8, 4) is 0 Å². The van der Waals surface area contributed by atoms with Gasteiger partial charge in [0.25, 0.3) is 0 Å². The second-order valence-electron chi connectivity index (χ2n) is 4.59. The van der Waals surface area contributed by atoms with E-state index in [1.54, 1.807) is 20.8 Å². The predicted molar refractivity (Wildman–Crippen MR) is 63.3 cm³/mol. The number of carbonyl (C=O) groups is 1. The van der Waals surface area contributed by atoms with E-state index in [2.05, 4.69) is 5.32 Å². The minimum Gasteiger partial charge on any atom is -0.465 e. The summed E-state index contributed by atoms with van der Waals surface area (Å²) in [5.41, 5.74) is -0.857. The molecule has 0 aliphatic heterocycles. The van der Waals surface area contributed by atoms with Crippen molar-refractivity contribution in [1.82, 2.24) is 10.2 Å². The van der Waals surface area contributed by atoms with E-state index < -0.39 is 11.6 Å². The third kappa shape index (κ3) is 6.76. The number of hydrogen-bond donors (Lipinski definition) is 2. The Morgan fingerprint density at radius 3 is 2.56 bits per heavy atom. The van der Waals surface area contributed by atoms with Gasteiger partial charge in [-0.1, -0.05) is 0 Å². The van der Waals surface area contributed by atoms with Crippen LogP contribution in [0.5, 0.6) is 0 Å². The molecule has 0 spiro atoms. The Kier molecular flexibility index (Phi) is 6.55. The summed E-state index contributed by atoms with van der Waals surface area (Å²) in [5.74, 6) is -0.289. The van der Waals surface area contributed by atoms with Crippen LogP contribution in [-0.4, -0.2) is 61.4 Å². The third-order valence-corrected chi connectivity index (χ3v) is 2.09. The lowest BCUT2D eigenvalue weighted by Gasteiger charge is -2.28. The van der Waals surface area contributed by atoms with Crippen molar-refractivity contribution in [2.75, 3.05) is 33.8 Å². The zero-order valence-electron chi connectivity index (χ0n) is 10.9. The van der Waals surface area contributed by atoms with Gasteiger partial charge in [0.05, 0.1) is 12.2 Å². The van der Waals surface area contributed by atoms with Crippen LogP contribution in [0.2, 0.25) is 0 Å². The van der Waals surface area contributed by atoms with Gasteiger partial charge < -0.3 is 20.1 Å². The van der Waals surface area contributed by atoms with Crippen molar-refractivity contribution in [2.45, 2.75) is 32.4 Å². The fourth-order valence-electron chi connectivity index (χ4n) is 1.46. The lowest BCUT2D eigenvalue weighted by Crippen LogP contribution is -2.49. The number of ether oxygens (including phenoxy) is 1. The first-order valence-corrected chi connectivity index (χ1v) is 5.55. The quantitative estimate of drug-likeness (QED) is 0.597. The maximum Gasteiger partial charge on any atom is 0.322 e. The Hall–Kier alpha value is -0.650. The Morgan fingerprint density at radius 1 is 1.56 bits per heavy atom. The molecule has 2 atom stereocenters. The molecular weight excluding hydrogens is 208 g/mol. The number of hydrogen-bond acceptors (Lipinski definition) is 5. The minimum absolute atomic E-state index is 0.289. The first kappa shape index (κ1) is 15.3. The fourth-order valence-corrected chi connectivity index (χ4v) is 1.46. The van der Waals surface area contributed by atoms with E-state index in [9.17, 15) is 9.90 Å². The predicted octanol–water partition coefficient (Wildman–Crippen LogP) is -0.160. The topological polar surface area (TPSA) is 61.8 Å². The van der Waals surface area contributed by atoms with Crippen LogP contribution in [0.3, 0.4) is 0 Å². The summed E-state index contributed by atoms with van der Waals surface area (Å²) in [6.45, 7) is 6.49. The molecular formula is C11H24N2O3. The molecule has 96 valence electrons. The average Bonchev–Trinajstić information content (AvgIpc) is 2.12. The molecule has 0 amide bonds. The third-order valence-electron chi connectivity index (χ3n) is 2.09. The van der Waals surface area contributed by atoms with Crippen molar-refractivity contribution in [2.24, 2.45) is 0 Å². The van der Waals surface area contributed by atoms with Gasteiger partial charge in [-0.2, -0.15) is 0 Å². The summed E-state index contributed by atoms with van der Waals surface area (Å²) in [4.78, 5) is 13.2. The molecule has 0 rings (SSSR count). The smallest absolute Gasteiger partial charge is 0.322 e. The van der Waals surface area contributed by atoms with Crippen LogP contribution in [0.25, 0.3) is 0 Å². The normalized spacial score (nSPS) is 16.9. The lowest BCUT2D eigenvalue weighted by molar-refractivity contribution is -0.145. The van der Waals surface area contributed by atoms with Crippen LogP contribution < -0.4 is 5.32 Å². The molecule has 0 bridgehead atoms. The molecule has 0 aromatic carbocycles. The van der Waals surface area contributed by atoms with Gasteiger partial charge in [0.1, 0.15) is 6.04 Å². The number of nitrogens with one attached hydrogen (secondary N) is 1. The van der Waals surface area contributed by atoms with Gasteiger partial charge in [0.15, 0.2) is 0 Å². The van der Waals surface area contributed by atoms with Gasteiger partial charge in [-0.25, -0.2) is 0 Å². The average molecular weight is 232 g/mol. The van der Waals surface area contributed by atoms with Crippen LogP contribution in [0, 0.1) is 0 Å². The van der Waals surface area contributed by atoms with E-state index in [-0.39, 0.29) is 5.97 Å². The van der Waals surface area contributed by atoms with E-state index in [1.807, 2.05) is 19.0 Å². The largest absolute Gasteiger partial charge is 0.465 e. The van der Waals surface area contributed by atoms with Crippen LogP contribution in [0.15, 0.2) is 0 Å². The van der Waals surface area contributed by atoms with E-state index in [1.165, 1.54) is 0 Å². The number of carbonyl (C=O) groups excluding carboxylic acids is 1. The second kappa shape index (κ2) is 6.83. The van der Waals surface area contributed by atoms with E-state index in [0.717, 1.165) is 0 Å². The number of rotatable bonds is 7. The zero-order chi connectivity index (χ0) is 12.8. The van der Waals surface area contributed by atoms with Crippen LogP contribution in [0.4, 0.5) is 0 Å². The molecule has 0 aliphatic rings. The van der Waals surface area contributed by atoms with Crippen molar-refractivity contribution in [3.05, 3.63) is 0 Å². The molecule has 16 heavy (non-hydrogen) atoms. The SMILES string of the molecule is CCOC(=O)C(C)NCC(C)(O)CN(C)C. The Morgan fingerprint density at radius 2 is 2.12 bits per heavy atom. The van der Waals surface area contributed by atoms with Crippen molar-refractivity contribution < 1.29 is 14.6 Å². The summed E-state index contributed by atoms with van der Waals surface area (Å²) in [7, 11) is 3.78. The van der Waals surface area contributed by atoms with Crippen molar-refractivity contribution in [3.63, 3.8) is 0 Å². The number of esters is 1. The van der Waals surface area contributed by atoms with E-state index >= 15 is 0 Å². The summed E-state index contributed by atoms with van der Waals surface area (Å²) in [6, 6.07) is -0.395. The van der Waals surface area contributed by atoms with Gasteiger partial charge in [0.2, 0.25) is 0 Å². The fraction of sp³-hybridized carbons (Fsp3) is 0.909. The lowest BCUT2D eigenvalue weighted by atomic mass is 10.1. The molecule has 0 saturated heterocycles. The van der Waals surface area contributed by atoms with Crippen molar-refractivity contribution in [1.29, 1.82) is 0 Å². The first-order chi connectivity index (χ1) is 7.28. The molecule has 0 radical (unpaired) electrons. The molecule has 0 saturated carbocycles. The first-order valence-electron chi connectivity index (χ1n) is 5.55.